The van der Waals surface area contributed by atoms with Gasteiger partial charge in [-0.3, -0.25) is 0 Å². The summed E-state index contributed by atoms with van der Waals surface area (Å²) in [6.45, 7) is 3.19. The second-order valence-electron chi connectivity index (χ2n) is 5.68. The molecule has 0 aromatic heterocycles. The lowest BCUT2D eigenvalue weighted by Gasteiger charge is -2.16. The highest BCUT2D eigenvalue weighted by molar-refractivity contribution is 5.85. The van der Waals surface area contributed by atoms with Crippen LogP contribution in [0.2, 0.25) is 0 Å². The van der Waals surface area contributed by atoms with Crippen LogP contribution in [0.25, 0.3) is 0 Å². The van der Waals surface area contributed by atoms with E-state index in [1.807, 2.05) is 0 Å². The number of halogens is 1. The molecule has 0 unspecified atom stereocenters. The Kier molecular flexibility index (Phi) is 5.80. The third-order valence-corrected chi connectivity index (χ3v) is 4.23. The summed E-state index contributed by atoms with van der Waals surface area (Å²) >= 11 is 0. The van der Waals surface area contributed by atoms with Gasteiger partial charge in [0, 0.05) is 31.6 Å². The van der Waals surface area contributed by atoms with Crippen LogP contribution in [0, 0.1) is 0 Å². The minimum absolute atomic E-state index is 0. The van der Waals surface area contributed by atoms with Crippen LogP contribution in [-0.4, -0.2) is 30.6 Å². The van der Waals surface area contributed by atoms with Gasteiger partial charge in [0.15, 0.2) is 0 Å². The first-order valence-corrected chi connectivity index (χ1v) is 7.40. The summed E-state index contributed by atoms with van der Waals surface area (Å²) in [5.41, 5.74) is 9.11. The molecule has 0 bridgehead atoms. The normalized spacial score (nSPS) is 22.0. The lowest BCUT2D eigenvalue weighted by atomic mass is 9.95. The summed E-state index contributed by atoms with van der Waals surface area (Å²) < 4.78 is 0. The molecule has 1 aliphatic rings. The Hall–Kier alpha value is -1.35. The second-order valence-corrected chi connectivity index (χ2v) is 5.68. The first-order valence-electron chi connectivity index (χ1n) is 7.40. The Labute approximate surface area is 133 Å². The maximum atomic E-state index is 6.33. The largest absolute Gasteiger partial charge is 0.326 e. The zero-order valence-electron chi connectivity index (χ0n) is 12.2. The fraction of sp³-hybridized carbons (Fsp3) is 0.333. The van der Waals surface area contributed by atoms with Gasteiger partial charge in [0.2, 0.25) is 0 Å². The lowest BCUT2D eigenvalue weighted by molar-refractivity contribution is 0.336. The topological polar surface area (TPSA) is 29.3 Å². The molecular weight excluding hydrogens is 280 g/mol. The van der Waals surface area contributed by atoms with Crippen molar-refractivity contribution in [3.05, 3.63) is 71.8 Å². The van der Waals surface area contributed by atoms with E-state index < -0.39 is 0 Å². The van der Waals surface area contributed by atoms with Crippen LogP contribution in [0.15, 0.2) is 60.7 Å². The van der Waals surface area contributed by atoms with Crippen molar-refractivity contribution in [3.8, 4) is 0 Å². The Morgan fingerprint density at radius 1 is 0.905 bits per heavy atom. The molecule has 0 saturated carbocycles. The lowest BCUT2D eigenvalue weighted by Crippen LogP contribution is -2.29. The number of hydrogen-bond acceptors (Lipinski definition) is 2. The maximum absolute atomic E-state index is 6.33. The summed E-state index contributed by atoms with van der Waals surface area (Å²) in [7, 11) is 0. The van der Waals surface area contributed by atoms with Crippen LogP contribution in [0.3, 0.4) is 0 Å². The van der Waals surface area contributed by atoms with E-state index >= 15 is 0 Å². The number of rotatable bonds is 4. The molecule has 2 N–H and O–H groups in total. The molecule has 1 aliphatic heterocycles. The van der Waals surface area contributed by atoms with Gasteiger partial charge in [0.25, 0.3) is 0 Å². The van der Waals surface area contributed by atoms with Crippen molar-refractivity contribution < 1.29 is 0 Å². The molecule has 0 aliphatic carbocycles. The molecular formula is C18H23ClN2. The van der Waals surface area contributed by atoms with Crippen LogP contribution in [0.1, 0.15) is 17.0 Å². The van der Waals surface area contributed by atoms with Crippen molar-refractivity contribution in [1.29, 1.82) is 0 Å². The van der Waals surface area contributed by atoms with Gasteiger partial charge in [0.05, 0.1) is 0 Å². The predicted molar refractivity (Wildman–Crippen MR) is 91.0 cm³/mol. The molecule has 1 fully saturated rings. The summed E-state index contributed by atoms with van der Waals surface area (Å²) in [5, 5.41) is 0. The number of nitrogens with zero attached hydrogens (tertiary/aromatic N) is 1. The van der Waals surface area contributed by atoms with Crippen molar-refractivity contribution in [2.24, 2.45) is 5.73 Å². The maximum Gasteiger partial charge on any atom is 0.0249 e. The molecule has 3 heteroatoms. The van der Waals surface area contributed by atoms with E-state index in [0.29, 0.717) is 5.92 Å². The average molecular weight is 303 g/mol. The monoisotopic (exact) mass is 302 g/mol. The van der Waals surface area contributed by atoms with Crippen molar-refractivity contribution in [2.75, 3.05) is 19.6 Å². The average Bonchev–Trinajstić information content (AvgIpc) is 2.88. The molecule has 1 saturated heterocycles. The van der Waals surface area contributed by atoms with Crippen LogP contribution in [0.5, 0.6) is 0 Å². The number of hydrogen-bond donors (Lipinski definition) is 1. The van der Waals surface area contributed by atoms with Crippen LogP contribution >= 0.6 is 12.4 Å². The fourth-order valence-corrected chi connectivity index (χ4v) is 3.08. The highest BCUT2D eigenvalue weighted by Crippen LogP contribution is 2.26. The quantitative estimate of drug-likeness (QED) is 0.940. The fourth-order valence-electron chi connectivity index (χ4n) is 3.08. The van der Waals surface area contributed by atoms with Crippen LogP contribution in [0.4, 0.5) is 0 Å². The van der Waals surface area contributed by atoms with Gasteiger partial charge < -0.3 is 10.6 Å². The second kappa shape index (κ2) is 7.60. The first kappa shape index (κ1) is 16.0. The summed E-state index contributed by atoms with van der Waals surface area (Å²) in [6, 6.07) is 21.6. The van der Waals surface area contributed by atoms with E-state index in [0.717, 1.165) is 26.1 Å². The predicted octanol–water partition coefficient (Wildman–Crippen LogP) is 3.08. The van der Waals surface area contributed by atoms with Gasteiger partial charge in [-0.2, -0.15) is 0 Å². The number of benzene rings is 2. The zero-order chi connectivity index (χ0) is 13.8. The highest BCUT2D eigenvalue weighted by Gasteiger charge is 2.30. The molecule has 21 heavy (non-hydrogen) atoms. The van der Waals surface area contributed by atoms with Crippen LogP contribution in [-0.2, 0) is 6.42 Å². The Bertz CT molecular complexity index is 529. The van der Waals surface area contributed by atoms with Gasteiger partial charge in [-0.05, 0) is 17.5 Å². The van der Waals surface area contributed by atoms with Gasteiger partial charge in [-0.15, -0.1) is 12.4 Å². The first-order chi connectivity index (χ1) is 9.83. The molecule has 2 nitrogen and oxygen atoms in total. The zero-order valence-corrected chi connectivity index (χ0v) is 13.0. The SMILES string of the molecule is Cl.N[C@@H]1CN(CCc2ccccc2)C[C@H]1c1ccccc1. The molecule has 2 aromatic rings. The van der Waals surface area contributed by atoms with Gasteiger partial charge in [0.1, 0.15) is 0 Å². The number of likely N-dealkylation sites (tertiary alicyclic amines) is 1. The van der Waals surface area contributed by atoms with E-state index in [1.54, 1.807) is 0 Å². The molecule has 3 rings (SSSR count). The van der Waals surface area contributed by atoms with E-state index in [4.69, 9.17) is 5.73 Å². The van der Waals surface area contributed by atoms with E-state index in [9.17, 15) is 0 Å². The summed E-state index contributed by atoms with van der Waals surface area (Å²) in [5.74, 6) is 0.479. The molecule has 0 amide bonds. The Morgan fingerprint density at radius 3 is 2.19 bits per heavy atom. The smallest absolute Gasteiger partial charge is 0.0249 e. The number of nitrogens with two attached hydrogens (primary N) is 1. The minimum atomic E-state index is 0. The van der Waals surface area contributed by atoms with Crippen LogP contribution < -0.4 is 5.73 Å². The van der Waals surface area contributed by atoms with Gasteiger partial charge in [-0.25, -0.2) is 0 Å². The molecule has 0 radical (unpaired) electrons. The van der Waals surface area contributed by atoms with Gasteiger partial charge in [-0.1, -0.05) is 60.7 Å². The third-order valence-electron chi connectivity index (χ3n) is 4.23. The third kappa shape index (κ3) is 4.07. The molecule has 2 aromatic carbocycles. The summed E-state index contributed by atoms with van der Waals surface area (Å²) in [6.07, 6.45) is 1.11. The van der Waals surface area contributed by atoms with Crippen molar-refractivity contribution in [2.45, 2.75) is 18.4 Å². The standard InChI is InChI=1S/C18H22N2.ClH/c19-18-14-20(12-11-15-7-3-1-4-8-15)13-17(18)16-9-5-2-6-10-16;/h1-10,17-18H,11-14,19H2;1H/t17-,18+;/m0./s1. The van der Waals surface area contributed by atoms with Gasteiger partial charge >= 0.3 is 0 Å². The Morgan fingerprint density at radius 2 is 1.52 bits per heavy atom. The molecule has 1 heterocycles. The summed E-state index contributed by atoms with van der Waals surface area (Å²) in [4.78, 5) is 2.50. The molecule has 2 atom stereocenters. The van der Waals surface area contributed by atoms with E-state index in [1.165, 1.54) is 11.1 Å². The molecule has 112 valence electrons. The van der Waals surface area contributed by atoms with Crippen molar-refractivity contribution in [3.63, 3.8) is 0 Å². The minimum Gasteiger partial charge on any atom is -0.326 e. The van der Waals surface area contributed by atoms with Crippen molar-refractivity contribution in [1.82, 2.24) is 4.90 Å². The van der Waals surface area contributed by atoms with Crippen molar-refractivity contribution >= 4 is 12.4 Å². The highest BCUT2D eigenvalue weighted by atomic mass is 35.5. The van der Waals surface area contributed by atoms with E-state index in [-0.39, 0.29) is 18.4 Å². The van der Waals surface area contributed by atoms with E-state index in [2.05, 4.69) is 65.6 Å². The molecule has 0 spiro atoms. The Balaban J connectivity index is 0.00000161.